The maximum absolute atomic E-state index is 12.4. The van der Waals surface area contributed by atoms with Crippen molar-refractivity contribution >= 4 is 5.91 Å². The summed E-state index contributed by atoms with van der Waals surface area (Å²) < 4.78 is 42.4. The van der Waals surface area contributed by atoms with Crippen molar-refractivity contribution in [3.63, 3.8) is 0 Å². The minimum absolute atomic E-state index is 0.00123. The number of hydrogen-bond acceptors (Lipinski definition) is 3. The lowest BCUT2D eigenvalue weighted by molar-refractivity contribution is -0.162. The number of rotatable bonds is 8. The molecule has 19 heavy (non-hydrogen) atoms. The largest absolute Gasteiger partial charge is 0.406 e. The first-order valence-electron chi connectivity index (χ1n) is 6.38. The van der Waals surface area contributed by atoms with E-state index in [9.17, 15) is 18.0 Å². The van der Waals surface area contributed by atoms with Crippen LogP contribution in [0, 0.1) is 5.92 Å². The molecule has 0 heterocycles. The standard InChI is InChI=1S/C12H23F3N2O2/c1-4-19-7-5-6-17(8-12(13,14)15)11(18)10(16)9(2)3/h9-10H,4-8,16H2,1-3H3/t10-/m0/s1. The molecule has 0 spiro atoms. The van der Waals surface area contributed by atoms with E-state index in [0.717, 1.165) is 4.90 Å². The molecule has 0 aromatic carbocycles. The van der Waals surface area contributed by atoms with E-state index < -0.39 is 24.7 Å². The Morgan fingerprint density at radius 1 is 1.37 bits per heavy atom. The van der Waals surface area contributed by atoms with E-state index in [0.29, 0.717) is 19.6 Å². The summed E-state index contributed by atoms with van der Waals surface area (Å²) in [5.41, 5.74) is 5.62. The fourth-order valence-corrected chi connectivity index (χ4v) is 1.48. The van der Waals surface area contributed by atoms with Gasteiger partial charge in [-0.05, 0) is 19.3 Å². The van der Waals surface area contributed by atoms with E-state index in [2.05, 4.69) is 0 Å². The van der Waals surface area contributed by atoms with Crippen molar-refractivity contribution in [2.24, 2.45) is 11.7 Å². The first kappa shape index (κ1) is 18.2. The molecule has 0 aliphatic heterocycles. The van der Waals surface area contributed by atoms with Gasteiger partial charge in [0.2, 0.25) is 5.91 Å². The Morgan fingerprint density at radius 2 is 1.95 bits per heavy atom. The highest BCUT2D eigenvalue weighted by Gasteiger charge is 2.34. The van der Waals surface area contributed by atoms with E-state index in [4.69, 9.17) is 10.5 Å². The van der Waals surface area contributed by atoms with Crippen LogP contribution in [0.25, 0.3) is 0 Å². The minimum atomic E-state index is -4.42. The van der Waals surface area contributed by atoms with Crippen LogP contribution in [-0.4, -0.2) is 49.3 Å². The molecule has 0 bridgehead atoms. The van der Waals surface area contributed by atoms with E-state index in [1.165, 1.54) is 0 Å². The lowest BCUT2D eigenvalue weighted by Gasteiger charge is -2.28. The van der Waals surface area contributed by atoms with Gasteiger partial charge in [0.15, 0.2) is 0 Å². The molecule has 0 radical (unpaired) electrons. The number of nitrogens with zero attached hydrogens (tertiary/aromatic N) is 1. The van der Waals surface area contributed by atoms with E-state index in [1.807, 2.05) is 0 Å². The normalized spacial score (nSPS) is 13.7. The van der Waals surface area contributed by atoms with Crippen LogP contribution < -0.4 is 5.73 Å². The number of amides is 1. The fraction of sp³-hybridized carbons (Fsp3) is 0.917. The number of halogens is 3. The highest BCUT2D eigenvalue weighted by atomic mass is 19.4. The number of alkyl halides is 3. The molecule has 1 amide bonds. The molecular formula is C12H23F3N2O2. The van der Waals surface area contributed by atoms with Gasteiger partial charge in [0, 0.05) is 19.8 Å². The Morgan fingerprint density at radius 3 is 2.37 bits per heavy atom. The summed E-state index contributed by atoms with van der Waals surface area (Å²) in [7, 11) is 0. The summed E-state index contributed by atoms with van der Waals surface area (Å²) in [5.74, 6) is -0.862. The Kier molecular flexibility index (Phi) is 8.01. The highest BCUT2D eigenvalue weighted by molar-refractivity contribution is 5.81. The number of hydrogen-bond donors (Lipinski definition) is 1. The summed E-state index contributed by atoms with van der Waals surface area (Å²) in [4.78, 5) is 12.7. The molecule has 0 aromatic rings. The van der Waals surface area contributed by atoms with Crippen molar-refractivity contribution in [3.05, 3.63) is 0 Å². The first-order chi connectivity index (χ1) is 8.69. The summed E-state index contributed by atoms with van der Waals surface area (Å²) in [5, 5.41) is 0. The van der Waals surface area contributed by atoms with E-state index in [1.54, 1.807) is 20.8 Å². The lowest BCUT2D eigenvalue weighted by Crippen LogP contribution is -2.50. The molecule has 0 saturated carbocycles. The van der Waals surface area contributed by atoms with Crippen LogP contribution in [0.5, 0.6) is 0 Å². The van der Waals surface area contributed by atoms with E-state index >= 15 is 0 Å². The third-order valence-corrected chi connectivity index (χ3v) is 2.61. The topological polar surface area (TPSA) is 55.6 Å². The summed E-state index contributed by atoms with van der Waals surface area (Å²) in [6.45, 7) is 4.77. The predicted octanol–water partition coefficient (Wildman–Crippen LogP) is 1.79. The van der Waals surface area contributed by atoms with Gasteiger partial charge in [-0.25, -0.2) is 0 Å². The molecule has 0 unspecified atom stereocenters. The maximum atomic E-state index is 12.4. The molecule has 0 aliphatic rings. The van der Waals surface area contributed by atoms with Crippen molar-refractivity contribution in [1.29, 1.82) is 0 Å². The van der Waals surface area contributed by atoms with Crippen LogP contribution >= 0.6 is 0 Å². The summed E-state index contributed by atoms with van der Waals surface area (Å²) in [6, 6.07) is -0.908. The van der Waals surface area contributed by atoms with Crippen molar-refractivity contribution < 1.29 is 22.7 Å². The van der Waals surface area contributed by atoms with Gasteiger partial charge >= 0.3 is 6.18 Å². The molecule has 0 aliphatic carbocycles. The monoisotopic (exact) mass is 284 g/mol. The van der Waals surface area contributed by atoms with Gasteiger partial charge in [0.1, 0.15) is 6.54 Å². The third-order valence-electron chi connectivity index (χ3n) is 2.61. The number of ether oxygens (including phenoxy) is 1. The molecule has 0 fully saturated rings. The van der Waals surface area contributed by atoms with Gasteiger partial charge in [0.05, 0.1) is 6.04 Å². The van der Waals surface area contributed by atoms with E-state index in [-0.39, 0.29) is 12.5 Å². The van der Waals surface area contributed by atoms with Crippen LogP contribution in [0.1, 0.15) is 27.2 Å². The zero-order valence-electron chi connectivity index (χ0n) is 11.7. The van der Waals surface area contributed by atoms with Crippen LogP contribution in [0.3, 0.4) is 0 Å². The number of carbonyl (C=O) groups is 1. The zero-order valence-corrected chi connectivity index (χ0v) is 11.7. The van der Waals surface area contributed by atoms with Gasteiger partial charge in [-0.15, -0.1) is 0 Å². The van der Waals surface area contributed by atoms with Crippen LogP contribution in [-0.2, 0) is 9.53 Å². The van der Waals surface area contributed by atoms with Crippen LogP contribution in [0.15, 0.2) is 0 Å². The Bertz CT molecular complexity index is 270. The highest BCUT2D eigenvalue weighted by Crippen LogP contribution is 2.18. The van der Waals surface area contributed by atoms with Gasteiger partial charge in [0.25, 0.3) is 0 Å². The fourth-order valence-electron chi connectivity index (χ4n) is 1.48. The average molecular weight is 284 g/mol. The van der Waals surface area contributed by atoms with Crippen molar-refractivity contribution in [2.45, 2.75) is 39.4 Å². The minimum Gasteiger partial charge on any atom is -0.382 e. The molecule has 0 saturated heterocycles. The Labute approximate surface area is 112 Å². The molecule has 0 aromatic heterocycles. The lowest BCUT2D eigenvalue weighted by atomic mass is 10.0. The SMILES string of the molecule is CCOCCCN(CC(F)(F)F)C(=O)[C@@H](N)C(C)C. The quantitative estimate of drug-likeness (QED) is 0.691. The van der Waals surface area contributed by atoms with Crippen molar-refractivity contribution in [3.8, 4) is 0 Å². The maximum Gasteiger partial charge on any atom is 0.406 e. The predicted molar refractivity (Wildman–Crippen MR) is 66.6 cm³/mol. The molecule has 4 nitrogen and oxygen atoms in total. The number of carbonyl (C=O) groups excluding carboxylic acids is 1. The summed E-state index contributed by atoms with van der Waals surface area (Å²) in [6.07, 6.45) is -4.06. The molecule has 2 N–H and O–H groups in total. The Balaban J connectivity index is 4.53. The number of nitrogens with two attached hydrogens (primary N) is 1. The van der Waals surface area contributed by atoms with Crippen LogP contribution in [0.2, 0.25) is 0 Å². The molecule has 114 valence electrons. The smallest absolute Gasteiger partial charge is 0.382 e. The second-order valence-electron chi connectivity index (χ2n) is 4.70. The molecule has 1 atom stereocenters. The van der Waals surface area contributed by atoms with Gasteiger partial charge in [-0.2, -0.15) is 13.2 Å². The zero-order chi connectivity index (χ0) is 15.1. The van der Waals surface area contributed by atoms with Crippen molar-refractivity contribution in [2.75, 3.05) is 26.3 Å². The van der Waals surface area contributed by atoms with Gasteiger partial charge in [-0.1, -0.05) is 13.8 Å². The van der Waals surface area contributed by atoms with Crippen molar-refractivity contribution in [1.82, 2.24) is 4.90 Å². The Hall–Kier alpha value is -0.820. The second kappa shape index (κ2) is 8.37. The van der Waals surface area contributed by atoms with Gasteiger partial charge in [-0.3, -0.25) is 4.79 Å². The molecule has 0 rings (SSSR count). The first-order valence-corrected chi connectivity index (χ1v) is 6.38. The van der Waals surface area contributed by atoms with Gasteiger partial charge < -0.3 is 15.4 Å². The average Bonchev–Trinajstić information content (AvgIpc) is 2.29. The summed E-state index contributed by atoms with van der Waals surface area (Å²) >= 11 is 0. The molecule has 7 heteroatoms. The second-order valence-corrected chi connectivity index (χ2v) is 4.70. The van der Waals surface area contributed by atoms with Crippen LogP contribution in [0.4, 0.5) is 13.2 Å². The third kappa shape index (κ3) is 8.05. The molecular weight excluding hydrogens is 261 g/mol.